The van der Waals surface area contributed by atoms with Gasteiger partial charge in [-0.2, -0.15) is 0 Å². The molecule has 8 nitrogen and oxygen atoms in total. The van der Waals surface area contributed by atoms with Gasteiger partial charge in [-0.05, 0) is 54.3 Å². The highest BCUT2D eigenvalue weighted by molar-refractivity contribution is 7.91. The molecule has 0 aliphatic heterocycles. The first kappa shape index (κ1) is 27.6. The number of halogens is 1. The maximum Gasteiger partial charge on any atom is 0.271 e. The topological polar surface area (TPSA) is 134 Å². The number of nitrogens with zero attached hydrogens (tertiary/aromatic N) is 1. The van der Waals surface area contributed by atoms with Gasteiger partial charge in [0, 0.05) is 18.3 Å². The second kappa shape index (κ2) is 11.1. The van der Waals surface area contributed by atoms with Crippen LogP contribution in [-0.4, -0.2) is 31.5 Å². The molecule has 4 N–H and O–H groups in total. The largest absolute Gasteiger partial charge is 0.504 e. The maximum absolute atomic E-state index is 14.6. The van der Waals surface area contributed by atoms with Gasteiger partial charge in [-0.1, -0.05) is 55.8 Å². The molecule has 0 radical (unpaired) electrons. The number of benzene rings is 3. The number of rotatable bonds is 9. The normalized spacial score (nSPS) is 11.4. The number of nitrogens with one attached hydrogen (secondary N) is 1. The predicted molar refractivity (Wildman–Crippen MR) is 148 cm³/mol. The minimum atomic E-state index is -4.52. The molecule has 0 atom stereocenters. The van der Waals surface area contributed by atoms with Gasteiger partial charge >= 0.3 is 0 Å². The third-order valence-corrected chi connectivity index (χ3v) is 8.27. The molecule has 0 aliphatic carbocycles. The van der Waals surface area contributed by atoms with Crippen LogP contribution in [0.3, 0.4) is 0 Å². The second-order valence-corrected chi connectivity index (χ2v) is 10.9. The van der Waals surface area contributed by atoms with E-state index in [9.17, 15) is 27.5 Å². The van der Waals surface area contributed by atoms with E-state index < -0.39 is 37.8 Å². The Kier molecular flexibility index (Phi) is 7.87. The number of anilines is 2. The van der Waals surface area contributed by atoms with E-state index in [1.54, 1.807) is 30.3 Å². The van der Waals surface area contributed by atoms with Crippen molar-refractivity contribution in [1.82, 2.24) is 4.98 Å². The summed E-state index contributed by atoms with van der Waals surface area (Å²) >= 11 is 0. The molecule has 0 saturated carbocycles. The zero-order chi connectivity index (χ0) is 28.3. The van der Waals surface area contributed by atoms with Crippen molar-refractivity contribution in [3.05, 3.63) is 100 Å². The lowest BCUT2D eigenvalue weighted by Gasteiger charge is -2.25. The maximum atomic E-state index is 14.6. The van der Waals surface area contributed by atoms with Gasteiger partial charge in [-0.25, -0.2) is 12.8 Å². The number of amides is 1. The molecule has 3 aromatic carbocycles. The van der Waals surface area contributed by atoms with Crippen molar-refractivity contribution in [3.8, 4) is 16.9 Å². The molecule has 4 rings (SSSR count). The number of hydrogen-bond donors (Lipinski definition) is 3. The quantitative estimate of drug-likeness (QED) is 0.271. The summed E-state index contributed by atoms with van der Waals surface area (Å²) in [5.41, 5.74) is 6.20. The Hall–Kier alpha value is -4.44. The number of para-hydroxylation sites is 1. The van der Waals surface area contributed by atoms with E-state index in [-0.39, 0.29) is 21.8 Å². The number of aromatic nitrogens is 1. The van der Waals surface area contributed by atoms with Crippen LogP contribution in [0.15, 0.2) is 87.4 Å². The standard InChI is InChI=1S/C29H28FN3O5S/c1-3-4-12-23-25(33(2)24-13-8-7-11-22(24)30)26(34)27(29(36)32-23)39(37,38)19-16-14-18(15-17-19)20-9-5-6-10-21(20)28(31)35/h5-11,13-17H,3-4,12H2,1-2H3,(H2,31,35)(H2,32,34,36). The predicted octanol–water partition coefficient (Wildman–Crippen LogP) is 4.93. The van der Waals surface area contributed by atoms with Crippen LogP contribution in [-0.2, 0) is 16.3 Å². The van der Waals surface area contributed by atoms with E-state index in [2.05, 4.69) is 4.98 Å². The molecule has 0 fully saturated rings. The number of aryl methyl sites for hydroxylation is 1. The van der Waals surface area contributed by atoms with Crippen LogP contribution < -0.4 is 16.2 Å². The van der Waals surface area contributed by atoms with Gasteiger partial charge in [0.25, 0.3) is 5.56 Å². The molecular weight excluding hydrogens is 521 g/mol. The number of H-pyrrole nitrogens is 1. The second-order valence-electron chi connectivity index (χ2n) is 9.01. The number of nitrogens with two attached hydrogens (primary N) is 1. The Morgan fingerprint density at radius 3 is 2.31 bits per heavy atom. The fraction of sp³-hybridized carbons (Fsp3) is 0.172. The van der Waals surface area contributed by atoms with Crippen LogP contribution in [0.5, 0.6) is 5.75 Å². The van der Waals surface area contributed by atoms with Gasteiger partial charge in [0.05, 0.1) is 10.6 Å². The van der Waals surface area contributed by atoms with Crippen molar-refractivity contribution < 1.29 is 22.7 Å². The molecule has 10 heteroatoms. The number of carbonyl (C=O) groups excluding carboxylic acids is 1. The number of aromatic amines is 1. The third-order valence-electron chi connectivity index (χ3n) is 6.46. The molecule has 39 heavy (non-hydrogen) atoms. The monoisotopic (exact) mass is 549 g/mol. The first-order chi connectivity index (χ1) is 18.6. The van der Waals surface area contributed by atoms with Crippen molar-refractivity contribution >= 4 is 27.1 Å². The van der Waals surface area contributed by atoms with E-state index in [4.69, 9.17) is 5.73 Å². The Morgan fingerprint density at radius 2 is 1.67 bits per heavy atom. The Labute approximate surface area is 225 Å². The minimum absolute atomic E-state index is 0.00118. The van der Waals surface area contributed by atoms with Gasteiger partial charge < -0.3 is 20.7 Å². The molecule has 0 spiro atoms. The number of pyridine rings is 1. The van der Waals surface area contributed by atoms with Crippen molar-refractivity contribution in [3.63, 3.8) is 0 Å². The average molecular weight is 550 g/mol. The van der Waals surface area contributed by atoms with Crippen LogP contribution in [0, 0.1) is 5.82 Å². The number of aromatic hydroxyl groups is 1. The minimum Gasteiger partial charge on any atom is -0.504 e. The number of carbonyl (C=O) groups is 1. The lowest BCUT2D eigenvalue weighted by atomic mass is 9.99. The summed E-state index contributed by atoms with van der Waals surface area (Å²) in [7, 11) is -3.03. The molecule has 4 aromatic rings. The molecular formula is C29H28FN3O5S. The summed E-state index contributed by atoms with van der Waals surface area (Å²) in [4.78, 5) is 27.8. The SMILES string of the molecule is CCCCc1[nH]c(=O)c(S(=O)(=O)c2ccc(-c3ccccc3C(N)=O)cc2)c(O)c1N(C)c1ccccc1F. The number of unbranched alkanes of at least 4 members (excludes halogenated alkanes) is 1. The molecule has 0 bridgehead atoms. The Bertz CT molecular complexity index is 1700. The van der Waals surface area contributed by atoms with E-state index in [1.807, 2.05) is 6.92 Å². The van der Waals surface area contributed by atoms with Crippen molar-refractivity contribution in [2.45, 2.75) is 36.0 Å². The summed E-state index contributed by atoms with van der Waals surface area (Å²) in [6.07, 6.45) is 1.76. The Morgan fingerprint density at radius 1 is 1.03 bits per heavy atom. The van der Waals surface area contributed by atoms with Crippen molar-refractivity contribution in [2.75, 3.05) is 11.9 Å². The summed E-state index contributed by atoms with van der Waals surface area (Å²) in [5, 5.41) is 11.3. The smallest absolute Gasteiger partial charge is 0.271 e. The Balaban J connectivity index is 1.85. The summed E-state index contributed by atoms with van der Waals surface area (Å²) in [5.74, 6) is -1.98. The molecule has 202 valence electrons. The molecule has 1 aromatic heterocycles. The molecule has 0 unspecified atom stereocenters. The lowest BCUT2D eigenvalue weighted by Crippen LogP contribution is -2.24. The lowest BCUT2D eigenvalue weighted by molar-refractivity contribution is 0.100. The first-order valence-electron chi connectivity index (χ1n) is 12.3. The fourth-order valence-electron chi connectivity index (χ4n) is 4.48. The van der Waals surface area contributed by atoms with Crippen molar-refractivity contribution in [1.29, 1.82) is 0 Å². The molecule has 1 amide bonds. The highest BCUT2D eigenvalue weighted by Gasteiger charge is 2.31. The van der Waals surface area contributed by atoms with Gasteiger partial charge in [0.1, 0.15) is 11.5 Å². The number of hydrogen-bond acceptors (Lipinski definition) is 6. The average Bonchev–Trinajstić information content (AvgIpc) is 2.91. The summed E-state index contributed by atoms with van der Waals surface area (Å²) < 4.78 is 41.9. The van der Waals surface area contributed by atoms with Crippen LogP contribution in [0.25, 0.3) is 11.1 Å². The van der Waals surface area contributed by atoms with Gasteiger partial charge in [-0.3, -0.25) is 9.59 Å². The van der Waals surface area contributed by atoms with Crippen LogP contribution in [0.4, 0.5) is 15.8 Å². The third kappa shape index (κ3) is 5.28. The van der Waals surface area contributed by atoms with E-state index in [1.165, 1.54) is 54.4 Å². The highest BCUT2D eigenvalue weighted by atomic mass is 32.2. The van der Waals surface area contributed by atoms with Gasteiger partial charge in [-0.15, -0.1) is 0 Å². The van der Waals surface area contributed by atoms with Crippen LogP contribution in [0.1, 0.15) is 35.8 Å². The summed E-state index contributed by atoms with van der Waals surface area (Å²) in [6, 6.07) is 18.0. The van der Waals surface area contributed by atoms with E-state index in [0.29, 0.717) is 29.7 Å². The molecule has 0 saturated heterocycles. The van der Waals surface area contributed by atoms with Gasteiger partial charge in [0.2, 0.25) is 15.7 Å². The zero-order valence-electron chi connectivity index (χ0n) is 21.4. The van der Waals surface area contributed by atoms with Crippen LogP contribution >= 0.6 is 0 Å². The van der Waals surface area contributed by atoms with E-state index in [0.717, 1.165) is 6.42 Å². The van der Waals surface area contributed by atoms with E-state index >= 15 is 0 Å². The molecule has 0 aliphatic rings. The zero-order valence-corrected chi connectivity index (χ0v) is 22.3. The van der Waals surface area contributed by atoms with Crippen molar-refractivity contribution in [2.24, 2.45) is 5.73 Å². The summed E-state index contributed by atoms with van der Waals surface area (Å²) in [6.45, 7) is 1.95. The van der Waals surface area contributed by atoms with Gasteiger partial charge in [0.15, 0.2) is 10.6 Å². The number of primary amides is 1. The fourth-order valence-corrected chi connectivity index (χ4v) is 5.86. The number of sulfone groups is 1. The molecule has 1 heterocycles. The highest BCUT2D eigenvalue weighted by Crippen LogP contribution is 2.40. The van der Waals surface area contributed by atoms with Crippen LogP contribution in [0.2, 0.25) is 0 Å². The first-order valence-corrected chi connectivity index (χ1v) is 13.8.